The van der Waals surface area contributed by atoms with Crippen molar-refractivity contribution < 1.29 is 14.3 Å². The second-order valence-corrected chi connectivity index (χ2v) is 6.67. The molecule has 1 fully saturated rings. The van der Waals surface area contributed by atoms with Crippen LogP contribution in [0.1, 0.15) is 12.0 Å². The number of anilines is 1. The fourth-order valence-corrected chi connectivity index (χ4v) is 3.34. The lowest BCUT2D eigenvalue weighted by Gasteiger charge is -2.17. The molecule has 0 N–H and O–H groups in total. The number of fused-ring (bicyclic) bond motifs is 1. The van der Waals surface area contributed by atoms with Crippen molar-refractivity contribution in [1.82, 2.24) is 0 Å². The molecule has 1 amide bonds. The lowest BCUT2D eigenvalue weighted by molar-refractivity contribution is -0.139. The number of nitrogens with zero attached hydrogens (tertiary/aromatic N) is 1. The monoisotopic (exact) mass is 345 g/mol. The van der Waals surface area contributed by atoms with Gasteiger partial charge in [-0.3, -0.25) is 9.59 Å². The maximum atomic E-state index is 12.5. The molecule has 0 spiro atoms. The van der Waals surface area contributed by atoms with E-state index in [9.17, 15) is 9.59 Å². The highest BCUT2D eigenvalue weighted by molar-refractivity contribution is 5.99. The van der Waals surface area contributed by atoms with Crippen LogP contribution in [0.2, 0.25) is 0 Å². The Hall–Kier alpha value is -3.14. The van der Waals surface area contributed by atoms with Gasteiger partial charge in [-0.05, 0) is 47.5 Å². The van der Waals surface area contributed by atoms with Gasteiger partial charge in [0.15, 0.2) is 0 Å². The normalized spacial score (nSPS) is 16.9. The van der Waals surface area contributed by atoms with Crippen molar-refractivity contribution in [2.24, 2.45) is 5.92 Å². The Morgan fingerprint density at radius 1 is 1.00 bits per heavy atom. The molecule has 4 rings (SSSR count). The van der Waals surface area contributed by atoms with Crippen molar-refractivity contribution in [2.75, 3.05) is 11.4 Å². The van der Waals surface area contributed by atoms with Crippen molar-refractivity contribution >= 4 is 28.3 Å². The number of benzene rings is 3. The maximum absolute atomic E-state index is 12.5. The molecule has 0 aromatic heterocycles. The summed E-state index contributed by atoms with van der Waals surface area (Å²) in [6.07, 6.45) is 0.181. The van der Waals surface area contributed by atoms with Crippen LogP contribution >= 0.6 is 0 Å². The summed E-state index contributed by atoms with van der Waals surface area (Å²) in [5, 5.41) is 2.11. The summed E-state index contributed by atoms with van der Waals surface area (Å²) < 4.78 is 5.54. The molecule has 1 heterocycles. The zero-order chi connectivity index (χ0) is 18.1. The van der Waals surface area contributed by atoms with E-state index in [4.69, 9.17) is 4.74 Å². The van der Waals surface area contributed by atoms with E-state index >= 15 is 0 Å². The Kier molecular flexibility index (Phi) is 4.17. The quantitative estimate of drug-likeness (QED) is 0.530. The molecule has 3 aromatic carbocycles. The Balaban J connectivity index is 1.49. The van der Waals surface area contributed by atoms with Crippen LogP contribution in [-0.4, -0.2) is 18.4 Å². The molecule has 0 bridgehead atoms. The van der Waals surface area contributed by atoms with Crippen molar-refractivity contribution in [3.05, 3.63) is 72.3 Å². The number of carbonyl (C=O) groups excluding carboxylic acids is 2. The van der Waals surface area contributed by atoms with E-state index in [0.29, 0.717) is 12.3 Å². The molecular weight excluding hydrogens is 326 g/mol. The van der Waals surface area contributed by atoms with Crippen molar-refractivity contribution in [1.29, 1.82) is 0 Å². The number of hydrogen-bond acceptors (Lipinski definition) is 3. The van der Waals surface area contributed by atoms with Crippen LogP contribution in [0.3, 0.4) is 0 Å². The van der Waals surface area contributed by atoms with Crippen LogP contribution < -0.4 is 9.64 Å². The van der Waals surface area contributed by atoms with E-state index < -0.39 is 5.92 Å². The van der Waals surface area contributed by atoms with Gasteiger partial charge in [-0.2, -0.15) is 0 Å². The van der Waals surface area contributed by atoms with E-state index in [1.807, 2.05) is 67.6 Å². The first kappa shape index (κ1) is 16.3. The van der Waals surface area contributed by atoms with Gasteiger partial charge in [-0.25, -0.2) is 0 Å². The highest BCUT2D eigenvalue weighted by Gasteiger charge is 2.36. The molecule has 0 unspecified atom stereocenters. The number of hydrogen-bond donors (Lipinski definition) is 0. The predicted molar refractivity (Wildman–Crippen MR) is 101 cm³/mol. The van der Waals surface area contributed by atoms with Crippen LogP contribution in [0, 0.1) is 12.8 Å². The summed E-state index contributed by atoms with van der Waals surface area (Å²) in [6.45, 7) is 2.34. The molecule has 0 saturated carbocycles. The number of aryl methyl sites for hydroxylation is 1. The minimum atomic E-state index is -0.450. The third-order valence-electron chi connectivity index (χ3n) is 4.71. The number of esters is 1. The molecular formula is C22H19NO3. The first-order chi connectivity index (χ1) is 12.6. The lowest BCUT2D eigenvalue weighted by Crippen LogP contribution is -2.27. The van der Waals surface area contributed by atoms with Gasteiger partial charge in [0, 0.05) is 18.7 Å². The van der Waals surface area contributed by atoms with Crippen LogP contribution in [0.15, 0.2) is 66.7 Å². The Morgan fingerprint density at radius 2 is 1.81 bits per heavy atom. The first-order valence-electron chi connectivity index (χ1n) is 8.68. The third kappa shape index (κ3) is 3.18. The van der Waals surface area contributed by atoms with E-state index in [2.05, 4.69) is 0 Å². The largest absolute Gasteiger partial charge is 0.426 e. The van der Waals surface area contributed by atoms with Gasteiger partial charge in [0.1, 0.15) is 5.75 Å². The van der Waals surface area contributed by atoms with Crippen LogP contribution in [0.4, 0.5) is 5.69 Å². The van der Waals surface area contributed by atoms with Gasteiger partial charge >= 0.3 is 5.97 Å². The maximum Gasteiger partial charge on any atom is 0.316 e. The fourth-order valence-electron chi connectivity index (χ4n) is 3.34. The minimum absolute atomic E-state index is 0.0453. The molecule has 0 aliphatic carbocycles. The van der Waals surface area contributed by atoms with Crippen molar-refractivity contribution in [3.8, 4) is 5.75 Å². The number of amides is 1. The Bertz CT molecular complexity index is 995. The average Bonchev–Trinajstić information content (AvgIpc) is 3.03. The topological polar surface area (TPSA) is 46.6 Å². The second kappa shape index (κ2) is 6.64. The predicted octanol–water partition coefficient (Wildman–Crippen LogP) is 4.11. The Labute approximate surface area is 152 Å². The van der Waals surface area contributed by atoms with Gasteiger partial charge in [0.05, 0.1) is 5.92 Å². The second-order valence-electron chi connectivity index (χ2n) is 6.67. The lowest BCUT2D eigenvalue weighted by atomic mass is 10.1. The summed E-state index contributed by atoms with van der Waals surface area (Å²) in [4.78, 5) is 26.6. The highest BCUT2D eigenvalue weighted by atomic mass is 16.5. The number of ether oxygens (including phenoxy) is 1. The molecule has 0 radical (unpaired) electrons. The standard InChI is InChI=1S/C22H19NO3/c1-15-5-4-8-19(11-15)23-14-18(13-21(23)24)22(25)26-20-10-9-16-6-2-3-7-17(16)12-20/h2-12,18H,13-14H2,1H3/t18-/m0/s1. The fraction of sp³-hybridized carbons (Fsp3) is 0.182. The molecule has 3 aromatic rings. The summed E-state index contributed by atoms with van der Waals surface area (Å²) in [7, 11) is 0. The zero-order valence-corrected chi connectivity index (χ0v) is 14.5. The smallest absolute Gasteiger partial charge is 0.316 e. The van der Waals surface area contributed by atoms with E-state index in [-0.39, 0.29) is 18.3 Å². The summed E-state index contributed by atoms with van der Waals surface area (Å²) in [6, 6.07) is 21.2. The molecule has 130 valence electrons. The number of carbonyl (C=O) groups is 2. The van der Waals surface area contributed by atoms with Crippen molar-refractivity contribution in [2.45, 2.75) is 13.3 Å². The highest BCUT2D eigenvalue weighted by Crippen LogP contribution is 2.28. The molecule has 26 heavy (non-hydrogen) atoms. The minimum Gasteiger partial charge on any atom is -0.426 e. The average molecular weight is 345 g/mol. The van der Waals surface area contributed by atoms with Gasteiger partial charge in [-0.15, -0.1) is 0 Å². The summed E-state index contributed by atoms with van der Waals surface area (Å²) in [5.41, 5.74) is 1.91. The SMILES string of the molecule is Cc1cccc(N2C[C@@H](C(=O)Oc3ccc4ccccc4c3)CC2=O)c1. The Morgan fingerprint density at radius 3 is 2.62 bits per heavy atom. The van der Waals surface area contributed by atoms with Gasteiger partial charge in [-0.1, -0.05) is 42.5 Å². The summed E-state index contributed by atoms with van der Waals surface area (Å²) >= 11 is 0. The van der Waals surface area contributed by atoms with Crippen LogP contribution in [-0.2, 0) is 9.59 Å². The van der Waals surface area contributed by atoms with Gasteiger partial charge in [0.2, 0.25) is 5.91 Å². The van der Waals surface area contributed by atoms with Crippen LogP contribution in [0.25, 0.3) is 10.8 Å². The molecule has 1 aliphatic heterocycles. The molecule has 1 aliphatic rings. The molecule has 1 atom stereocenters. The van der Waals surface area contributed by atoms with Crippen molar-refractivity contribution in [3.63, 3.8) is 0 Å². The third-order valence-corrected chi connectivity index (χ3v) is 4.71. The zero-order valence-electron chi connectivity index (χ0n) is 14.5. The molecule has 4 heteroatoms. The van der Waals surface area contributed by atoms with Gasteiger partial charge < -0.3 is 9.64 Å². The molecule has 1 saturated heterocycles. The summed E-state index contributed by atoms with van der Waals surface area (Å²) in [5.74, 6) is -0.343. The number of rotatable bonds is 3. The van der Waals surface area contributed by atoms with Crippen LogP contribution in [0.5, 0.6) is 5.75 Å². The van der Waals surface area contributed by atoms with E-state index in [0.717, 1.165) is 22.0 Å². The molecule has 4 nitrogen and oxygen atoms in total. The first-order valence-corrected chi connectivity index (χ1v) is 8.68. The van der Waals surface area contributed by atoms with E-state index in [1.165, 1.54) is 0 Å². The van der Waals surface area contributed by atoms with Gasteiger partial charge in [0.25, 0.3) is 0 Å². The van der Waals surface area contributed by atoms with E-state index in [1.54, 1.807) is 11.0 Å².